The lowest BCUT2D eigenvalue weighted by Crippen LogP contribution is -2.58. The lowest BCUT2D eigenvalue weighted by molar-refractivity contribution is 0.0959. The quantitative estimate of drug-likeness (QED) is 0.580. The maximum absolute atomic E-state index is 11.4. The van der Waals surface area contributed by atoms with E-state index in [9.17, 15) is 4.79 Å². The van der Waals surface area contributed by atoms with Crippen LogP contribution in [0.25, 0.3) is 0 Å². The summed E-state index contributed by atoms with van der Waals surface area (Å²) in [5, 5.41) is 14.7. The third-order valence-corrected chi connectivity index (χ3v) is 2.81. The van der Waals surface area contributed by atoms with Gasteiger partial charge in [-0.1, -0.05) is 13.3 Å². The number of rotatable bonds is 5. The fraction of sp³-hybridized carbons (Fsp3) is 0.900. The molecule has 0 aromatic carbocycles. The second-order valence-electron chi connectivity index (χ2n) is 4.03. The standard InChI is InChI=1S/C10H20N2O2/c1-2-3-7-11-9(14)12-10(8-13)5-4-6-10/h13H,2-8H2,1H3,(H2,11,12,14). The van der Waals surface area contributed by atoms with Crippen molar-refractivity contribution in [1.29, 1.82) is 0 Å². The van der Waals surface area contributed by atoms with E-state index in [0.29, 0.717) is 6.54 Å². The van der Waals surface area contributed by atoms with E-state index in [4.69, 9.17) is 5.11 Å². The molecule has 0 aliphatic heterocycles. The van der Waals surface area contributed by atoms with Crippen molar-refractivity contribution >= 4 is 6.03 Å². The molecule has 4 heteroatoms. The molecule has 0 heterocycles. The van der Waals surface area contributed by atoms with Crippen LogP contribution in [0, 0.1) is 0 Å². The Morgan fingerprint density at radius 1 is 1.50 bits per heavy atom. The first-order valence-corrected chi connectivity index (χ1v) is 5.39. The molecule has 2 amide bonds. The van der Waals surface area contributed by atoms with Gasteiger partial charge in [0.15, 0.2) is 0 Å². The molecule has 1 aliphatic carbocycles. The molecule has 1 saturated carbocycles. The molecule has 0 aromatic rings. The number of nitrogens with one attached hydrogen (secondary N) is 2. The Bertz CT molecular complexity index is 185. The Morgan fingerprint density at radius 3 is 2.64 bits per heavy atom. The smallest absolute Gasteiger partial charge is 0.315 e. The molecule has 14 heavy (non-hydrogen) atoms. The van der Waals surface area contributed by atoms with Crippen LogP contribution in [0.15, 0.2) is 0 Å². The van der Waals surface area contributed by atoms with Crippen LogP contribution in [0.3, 0.4) is 0 Å². The Labute approximate surface area is 85.1 Å². The van der Waals surface area contributed by atoms with Gasteiger partial charge in [0.1, 0.15) is 0 Å². The van der Waals surface area contributed by atoms with Crippen LogP contribution >= 0.6 is 0 Å². The molecule has 4 nitrogen and oxygen atoms in total. The summed E-state index contributed by atoms with van der Waals surface area (Å²) >= 11 is 0. The normalized spacial score (nSPS) is 18.4. The fourth-order valence-electron chi connectivity index (χ4n) is 1.59. The molecule has 0 spiro atoms. The highest BCUT2D eigenvalue weighted by molar-refractivity contribution is 5.74. The van der Waals surface area contributed by atoms with Crippen LogP contribution in [0.4, 0.5) is 4.79 Å². The van der Waals surface area contributed by atoms with Gasteiger partial charge in [-0.05, 0) is 25.7 Å². The van der Waals surface area contributed by atoms with Crippen molar-refractivity contribution in [2.45, 2.75) is 44.6 Å². The van der Waals surface area contributed by atoms with E-state index in [1.807, 2.05) is 0 Å². The molecule has 0 unspecified atom stereocenters. The fourth-order valence-corrected chi connectivity index (χ4v) is 1.59. The maximum Gasteiger partial charge on any atom is 0.315 e. The van der Waals surface area contributed by atoms with E-state index in [0.717, 1.165) is 32.1 Å². The Hall–Kier alpha value is -0.770. The Morgan fingerprint density at radius 2 is 2.21 bits per heavy atom. The van der Waals surface area contributed by atoms with Crippen molar-refractivity contribution in [2.75, 3.05) is 13.2 Å². The predicted molar refractivity (Wildman–Crippen MR) is 55.1 cm³/mol. The van der Waals surface area contributed by atoms with Crippen molar-refractivity contribution < 1.29 is 9.90 Å². The topological polar surface area (TPSA) is 61.4 Å². The van der Waals surface area contributed by atoms with Gasteiger partial charge in [-0.25, -0.2) is 4.79 Å². The van der Waals surface area contributed by atoms with Crippen LogP contribution in [-0.4, -0.2) is 29.8 Å². The van der Waals surface area contributed by atoms with Crippen molar-refractivity contribution in [2.24, 2.45) is 0 Å². The van der Waals surface area contributed by atoms with E-state index >= 15 is 0 Å². The van der Waals surface area contributed by atoms with Gasteiger partial charge in [0.05, 0.1) is 12.1 Å². The van der Waals surface area contributed by atoms with E-state index in [2.05, 4.69) is 17.6 Å². The number of amides is 2. The lowest BCUT2D eigenvalue weighted by Gasteiger charge is -2.40. The summed E-state index contributed by atoms with van der Waals surface area (Å²) in [7, 11) is 0. The average molecular weight is 200 g/mol. The third kappa shape index (κ3) is 2.87. The highest BCUT2D eigenvalue weighted by Gasteiger charge is 2.37. The van der Waals surface area contributed by atoms with Gasteiger partial charge in [-0.3, -0.25) is 0 Å². The minimum atomic E-state index is -0.323. The number of aliphatic hydroxyl groups excluding tert-OH is 1. The van der Waals surface area contributed by atoms with Crippen molar-refractivity contribution in [1.82, 2.24) is 10.6 Å². The molecule has 1 rings (SSSR count). The first-order chi connectivity index (χ1) is 6.72. The summed E-state index contributed by atoms with van der Waals surface area (Å²) in [4.78, 5) is 11.4. The van der Waals surface area contributed by atoms with Crippen LogP contribution < -0.4 is 10.6 Å². The second kappa shape index (κ2) is 5.20. The van der Waals surface area contributed by atoms with Gasteiger partial charge in [-0.2, -0.15) is 0 Å². The molecule has 1 fully saturated rings. The lowest BCUT2D eigenvalue weighted by atomic mass is 9.77. The summed E-state index contributed by atoms with van der Waals surface area (Å²) in [6.07, 6.45) is 4.95. The van der Waals surface area contributed by atoms with Crippen molar-refractivity contribution in [3.05, 3.63) is 0 Å². The first kappa shape index (κ1) is 11.3. The molecular formula is C10H20N2O2. The van der Waals surface area contributed by atoms with Gasteiger partial charge in [0, 0.05) is 6.54 Å². The number of hydrogen-bond acceptors (Lipinski definition) is 2. The number of aliphatic hydroxyl groups is 1. The van der Waals surface area contributed by atoms with Gasteiger partial charge < -0.3 is 15.7 Å². The maximum atomic E-state index is 11.4. The van der Waals surface area contributed by atoms with Crippen LogP contribution in [0.2, 0.25) is 0 Å². The zero-order valence-corrected chi connectivity index (χ0v) is 8.81. The van der Waals surface area contributed by atoms with E-state index in [-0.39, 0.29) is 18.2 Å². The zero-order chi connectivity index (χ0) is 10.4. The Balaban J connectivity index is 2.18. The second-order valence-corrected chi connectivity index (χ2v) is 4.03. The number of carbonyl (C=O) groups is 1. The summed E-state index contributed by atoms with van der Waals surface area (Å²) in [5.41, 5.74) is -0.323. The van der Waals surface area contributed by atoms with Gasteiger partial charge in [0.2, 0.25) is 0 Å². The van der Waals surface area contributed by atoms with Crippen LogP contribution in [-0.2, 0) is 0 Å². The van der Waals surface area contributed by atoms with E-state index in [1.165, 1.54) is 0 Å². The minimum Gasteiger partial charge on any atom is -0.394 e. The van der Waals surface area contributed by atoms with E-state index in [1.54, 1.807) is 0 Å². The van der Waals surface area contributed by atoms with Crippen molar-refractivity contribution in [3.8, 4) is 0 Å². The molecule has 3 N–H and O–H groups in total. The van der Waals surface area contributed by atoms with Gasteiger partial charge >= 0.3 is 6.03 Å². The summed E-state index contributed by atoms with van der Waals surface area (Å²) in [6.45, 7) is 2.85. The van der Waals surface area contributed by atoms with E-state index < -0.39 is 0 Å². The number of hydrogen-bond donors (Lipinski definition) is 3. The number of urea groups is 1. The SMILES string of the molecule is CCCCNC(=O)NC1(CO)CCC1. The monoisotopic (exact) mass is 200 g/mol. The predicted octanol–water partition coefficient (Wildman–Crippen LogP) is 1.00. The average Bonchev–Trinajstić information content (AvgIpc) is 2.12. The molecule has 1 aliphatic rings. The molecule has 0 bridgehead atoms. The Kier molecular flexibility index (Phi) is 4.20. The van der Waals surface area contributed by atoms with Crippen LogP contribution in [0.5, 0.6) is 0 Å². The number of carbonyl (C=O) groups excluding carboxylic acids is 1. The van der Waals surface area contributed by atoms with Crippen LogP contribution in [0.1, 0.15) is 39.0 Å². The molecule has 0 radical (unpaired) electrons. The van der Waals surface area contributed by atoms with Gasteiger partial charge in [0.25, 0.3) is 0 Å². The highest BCUT2D eigenvalue weighted by Crippen LogP contribution is 2.30. The highest BCUT2D eigenvalue weighted by atomic mass is 16.3. The first-order valence-electron chi connectivity index (χ1n) is 5.39. The zero-order valence-electron chi connectivity index (χ0n) is 8.81. The molecule has 82 valence electrons. The summed E-state index contributed by atoms with van der Waals surface area (Å²) in [5.74, 6) is 0. The van der Waals surface area contributed by atoms with Crippen molar-refractivity contribution in [3.63, 3.8) is 0 Å². The molecule has 0 saturated heterocycles. The summed E-state index contributed by atoms with van der Waals surface area (Å²) in [6, 6.07) is -0.146. The third-order valence-electron chi connectivity index (χ3n) is 2.81. The number of unbranched alkanes of at least 4 members (excludes halogenated alkanes) is 1. The molecule has 0 atom stereocenters. The van der Waals surface area contributed by atoms with Gasteiger partial charge in [-0.15, -0.1) is 0 Å². The summed E-state index contributed by atoms with van der Waals surface area (Å²) < 4.78 is 0. The molecule has 0 aromatic heterocycles. The largest absolute Gasteiger partial charge is 0.394 e. The molecular weight excluding hydrogens is 180 g/mol. The minimum absolute atomic E-state index is 0.0498.